The molecule has 1 aliphatic rings. The summed E-state index contributed by atoms with van der Waals surface area (Å²) in [5, 5.41) is 13.8. The topological polar surface area (TPSA) is 32.3 Å². The Kier molecular flexibility index (Phi) is 4.14. The highest BCUT2D eigenvalue weighted by Crippen LogP contribution is 2.38. The zero-order valence-corrected chi connectivity index (χ0v) is 9.76. The van der Waals surface area contributed by atoms with Gasteiger partial charge in [-0.3, -0.25) is 0 Å². The van der Waals surface area contributed by atoms with Crippen LogP contribution in [-0.4, -0.2) is 18.2 Å². The van der Waals surface area contributed by atoms with Gasteiger partial charge in [-0.2, -0.15) is 0 Å². The van der Waals surface area contributed by atoms with E-state index < -0.39 is 5.60 Å². The summed E-state index contributed by atoms with van der Waals surface area (Å²) in [5.41, 5.74) is 0.382. The number of nitrogens with one attached hydrogen (secondary N) is 1. The number of rotatable bonds is 2. The van der Waals surface area contributed by atoms with Gasteiger partial charge in [-0.05, 0) is 31.9 Å². The second-order valence-electron chi connectivity index (χ2n) is 4.02. The highest BCUT2D eigenvalue weighted by molar-refractivity contribution is 5.85. The first-order valence-electron chi connectivity index (χ1n) is 5.22. The molecule has 0 heterocycles. The van der Waals surface area contributed by atoms with Crippen LogP contribution in [0.2, 0.25) is 0 Å². The smallest absolute Gasteiger partial charge is 0.105 e. The van der Waals surface area contributed by atoms with Gasteiger partial charge >= 0.3 is 0 Å². The van der Waals surface area contributed by atoms with Gasteiger partial charge in [-0.1, -0.05) is 30.3 Å². The standard InChI is InChI=1S/C12H17NO.ClH/c1-13-11-8-5-9-12(11,14)10-6-3-2-4-7-10;/h2-4,6-7,11,13-14H,5,8-9H2,1H3;1H/t11-,12-;/m1./s1. The van der Waals surface area contributed by atoms with Crippen LogP contribution in [0.4, 0.5) is 0 Å². The second kappa shape index (κ2) is 4.97. The van der Waals surface area contributed by atoms with Gasteiger partial charge in [0, 0.05) is 6.04 Å². The number of benzene rings is 1. The molecule has 1 fully saturated rings. The molecule has 2 nitrogen and oxygen atoms in total. The fraction of sp³-hybridized carbons (Fsp3) is 0.500. The maximum atomic E-state index is 10.6. The summed E-state index contributed by atoms with van der Waals surface area (Å²) >= 11 is 0. The SMILES string of the molecule is CN[C@@H]1CCC[C@@]1(O)c1ccccc1.Cl. The van der Waals surface area contributed by atoms with Gasteiger partial charge in [0.15, 0.2) is 0 Å². The lowest BCUT2D eigenvalue weighted by molar-refractivity contribution is 0.0185. The average molecular weight is 228 g/mol. The minimum Gasteiger partial charge on any atom is -0.384 e. The van der Waals surface area contributed by atoms with Crippen LogP contribution in [0.5, 0.6) is 0 Å². The predicted octanol–water partition coefficient (Wildman–Crippen LogP) is 2.07. The molecule has 0 saturated heterocycles. The van der Waals surface area contributed by atoms with E-state index in [1.54, 1.807) is 0 Å². The lowest BCUT2D eigenvalue weighted by Crippen LogP contribution is -2.42. The summed E-state index contributed by atoms with van der Waals surface area (Å²) in [6.45, 7) is 0. The molecule has 0 aromatic heterocycles. The van der Waals surface area contributed by atoms with E-state index in [1.165, 1.54) is 0 Å². The van der Waals surface area contributed by atoms with E-state index in [1.807, 2.05) is 37.4 Å². The molecule has 0 aliphatic heterocycles. The van der Waals surface area contributed by atoms with Crippen molar-refractivity contribution in [3.8, 4) is 0 Å². The van der Waals surface area contributed by atoms with Crippen molar-refractivity contribution < 1.29 is 5.11 Å². The summed E-state index contributed by atoms with van der Waals surface area (Å²) in [6, 6.07) is 10.2. The first kappa shape index (κ1) is 12.5. The molecule has 3 heteroatoms. The summed E-state index contributed by atoms with van der Waals surface area (Å²) in [6.07, 6.45) is 3.02. The average Bonchev–Trinajstić information content (AvgIpc) is 2.62. The van der Waals surface area contributed by atoms with Crippen molar-refractivity contribution in [3.63, 3.8) is 0 Å². The normalized spacial score (nSPS) is 29.9. The summed E-state index contributed by atoms with van der Waals surface area (Å²) in [7, 11) is 1.92. The molecule has 0 unspecified atom stereocenters. The highest BCUT2D eigenvalue weighted by atomic mass is 35.5. The lowest BCUT2D eigenvalue weighted by atomic mass is 9.89. The van der Waals surface area contributed by atoms with Crippen LogP contribution in [0.3, 0.4) is 0 Å². The van der Waals surface area contributed by atoms with Crippen molar-refractivity contribution in [1.82, 2.24) is 5.32 Å². The van der Waals surface area contributed by atoms with Crippen molar-refractivity contribution in [2.45, 2.75) is 30.9 Å². The molecule has 84 valence electrons. The van der Waals surface area contributed by atoms with Crippen LogP contribution in [-0.2, 0) is 5.60 Å². The Morgan fingerprint density at radius 2 is 2.00 bits per heavy atom. The van der Waals surface area contributed by atoms with Gasteiger partial charge in [0.2, 0.25) is 0 Å². The van der Waals surface area contributed by atoms with Crippen LogP contribution < -0.4 is 5.32 Å². The lowest BCUT2D eigenvalue weighted by Gasteiger charge is -2.30. The number of halogens is 1. The van der Waals surface area contributed by atoms with Crippen molar-refractivity contribution in [3.05, 3.63) is 35.9 Å². The molecule has 0 amide bonds. The highest BCUT2D eigenvalue weighted by Gasteiger charge is 2.41. The van der Waals surface area contributed by atoms with Crippen molar-refractivity contribution in [2.24, 2.45) is 0 Å². The van der Waals surface area contributed by atoms with E-state index in [0.717, 1.165) is 24.8 Å². The van der Waals surface area contributed by atoms with E-state index in [2.05, 4.69) is 5.32 Å². The van der Waals surface area contributed by atoms with E-state index in [4.69, 9.17) is 0 Å². The van der Waals surface area contributed by atoms with Gasteiger partial charge < -0.3 is 10.4 Å². The molecule has 0 radical (unpaired) electrons. The minimum absolute atomic E-state index is 0. The number of likely N-dealkylation sites (N-methyl/N-ethyl adjacent to an activating group) is 1. The molecule has 1 aromatic rings. The van der Waals surface area contributed by atoms with Crippen LogP contribution in [0.15, 0.2) is 30.3 Å². The molecule has 1 aliphatic carbocycles. The molecular weight excluding hydrogens is 210 g/mol. The molecular formula is C12H18ClNO. The minimum atomic E-state index is -0.657. The quantitative estimate of drug-likeness (QED) is 0.811. The van der Waals surface area contributed by atoms with Gasteiger partial charge in [-0.25, -0.2) is 0 Å². The van der Waals surface area contributed by atoms with Crippen molar-refractivity contribution in [2.75, 3.05) is 7.05 Å². The van der Waals surface area contributed by atoms with Crippen molar-refractivity contribution in [1.29, 1.82) is 0 Å². The van der Waals surface area contributed by atoms with Crippen LogP contribution in [0.1, 0.15) is 24.8 Å². The molecule has 0 bridgehead atoms. The maximum Gasteiger partial charge on any atom is 0.105 e. The Morgan fingerprint density at radius 3 is 2.60 bits per heavy atom. The van der Waals surface area contributed by atoms with Crippen LogP contribution in [0.25, 0.3) is 0 Å². The van der Waals surface area contributed by atoms with Crippen LogP contribution in [0, 0.1) is 0 Å². The van der Waals surface area contributed by atoms with E-state index in [-0.39, 0.29) is 18.4 Å². The second-order valence-corrected chi connectivity index (χ2v) is 4.02. The summed E-state index contributed by atoms with van der Waals surface area (Å²) in [5.74, 6) is 0. The molecule has 0 spiro atoms. The monoisotopic (exact) mass is 227 g/mol. The van der Waals surface area contributed by atoms with E-state index >= 15 is 0 Å². The first-order valence-corrected chi connectivity index (χ1v) is 5.22. The van der Waals surface area contributed by atoms with E-state index in [0.29, 0.717) is 0 Å². The van der Waals surface area contributed by atoms with Gasteiger partial charge in [-0.15, -0.1) is 12.4 Å². The molecule has 2 rings (SSSR count). The predicted molar refractivity (Wildman–Crippen MR) is 64.3 cm³/mol. The Balaban J connectivity index is 0.00000112. The van der Waals surface area contributed by atoms with Crippen molar-refractivity contribution >= 4 is 12.4 Å². The zero-order chi connectivity index (χ0) is 10.0. The van der Waals surface area contributed by atoms with Gasteiger partial charge in [0.1, 0.15) is 5.60 Å². The Morgan fingerprint density at radius 1 is 1.33 bits per heavy atom. The fourth-order valence-corrected chi connectivity index (χ4v) is 2.44. The third-order valence-electron chi connectivity index (χ3n) is 3.25. The number of hydrogen-bond donors (Lipinski definition) is 2. The molecule has 15 heavy (non-hydrogen) atoms. The summed E-state index contributed by atoms with van der Waals surface area (Å²) in [4.78, 5) is 0. The van der Waals surface area contributed by atoms with E-state index in [9.17, 15) is 5.11 Å². The Labute approximate surface area is 97.1 Å². The molecule has 2 N–H and O–H groups in total. The number of aliphatic hydroxyl groups is 1. The third-order valence-corrected chi connectivity index (χ3v) is 3.25. The third kappa shape index (κ3) is 2.17. The zero-order valence-electron chi connectivity index (χ0n) is 8.94. The van der Waals surface area contributed by atoms with Gasteiger partial charge in [0.25, 0.3) is 0 Å². The first-order chi connectivity index (χ1) is 6.77. The fourth-order valence-electron chi connectivity index (χ4n) is 2.44. The molecule has 1 aromatic carbocycles. The molecule has 1 saturated carbocycles. The Bertz CT molecular complexity index is 304. The summed E-state index contributed by atoms with van der Waals surface area (Å²) < 4.78 is 0. The van der Waals surface area contributed by atoms with Gasteiger partial charge in [0.05, 0.1) is 0 Å². The largest absolute Gasteiger partial charge is 0.384 e. The maximum absolute atomic E-state index is 10.6. The molecule has 2 atom stereocenters. The number of hydrogen-bond acceptors (Lipinski definition) is 2. The Hall–Kier alpha value is -0.570. The van der Waals surface area contributed by atoms with Crippen LogP contribution >= 0.6 is 12.4 Å².